The molecule has 2 atom stereocenters. The van der Waals surface area contributed by atoms with E-state index in [2.05, 4.69) is 0 Å². The second-order valence-corrected chi connectivity index (χ2v) is 5.47. The van der Waals surface area contributed by atoms with Gasteiger partial charge in [-0.05, 0) is 32.6 Å². The number of carboxylic acid groups (broad SMARTS) is 1. The molecule has 0 radical (unpaired) electrons. The van der Waals surface area contributed by atoms with Gasteiger partial charge in [0.05, 0.1) is 5.41 Å². The van der Waals surface area contributed by atoms with Gasteiger partial charge in [0.1, 0.15) is 6.54 Å². The third kappa shape index (κ3) is 2.29. The van der Waals surface area contributed by atoms with Crippen molar-refractivity contribution in [3.05, 3.63) is 0 Å². The van der Waals surface area contributed by atoms with Crippen molar-refractivity contribution in [2.75, 3.05) is 6.54 Å². The molecule has 2 rings (SSSR count). The summed E-state index contributed by atoms with van der Waals surface area (Å²) in [5.41, 5.74) is 5.45. The van der Waals surface area contributed by atoms with Crippen molar-refractivity contribution in [3.63, 3.8) is 0 Å². The minimum atomic E-state index is -0.944. The minimum Gasteiger partial charge on any atom is -0.480 e. The molecule has 0 aromatic carbocycles. The Labute approximate surface area is 101 Å². The zero-order valence-electron chi connectivity index (χ0n) is 10.2. The third-order valence-corrected chi connectivity index (χ3v) is 4.07. The molecule has 0 spiro atoms. The summed E-state index contributed by atoms with van der Waals surface area (Å²) >= 11 is 0. The first kappa shape index (κ1) is 12.4. The van der Waals surface area contributed by atoms with E-state index in [1.807, 2.05) is 6.92 Å². The summed E-state index contributed by atoms with van der Waals surface area (Å²) in [7, 11) is 0. The molecule has 0 bridgehead atoms. The molecule has 96 valence electrons. The van der Waals surface area contributed by atoms with Gasteiger partial charge in [0.2, 0.25) is 5.91 Å². The first-order chi connectivity index (χ1) is 7.95. The Bertz CT molecular complexity index is 341. The molecule has 5 nitrogen and oxygen atoms in total. The van der Waals surface area contributed by atoms with Crippen molar-refractivity contribution in [2.45, 2.75) is 51.1 Å². The number of hydrogen-bond acceptors (Lipinski definition) is 3. The van der Waals surface area contributed by atoms with Crippen molar-refractivity contribution >= 4 is 11.9 Å². The van der Waals surface area contributed by atoms with Crippen LogP contribution in [-0.2, 0) is 9.59 Å². The van der Waals surface area contributed by atoms with Gasteiger partial charge in [0, 0.05) is 12.1 Å². The molecule has 0 aromatic rings. The maximum absolute atomic E-state index is 12.5. The summed E-state index contributed by atoms with van der Waals surface area (Å²) in [6.07, 6.45) is 4.42. The van der Waals surface area contributed by atoms with Gasteiger partial charge in [-0.2, -0.15) is 0 Å². The Morgan fingerprint density at radius 3 is 2.47 bits per heavy atom. The summed E-state index contributed by atoms with van der Waals surface area (Å²) in [5, 5.41) is 8.88. The summed E-state index contributed by atoms with van der Waals surface area (Å²) < 4.78 is 0. The lowest BCUT2D eigenvalue weighted by molar-refractivity contribution is -0.150. The molecule has 2 aliphatic carbocycles. The van der Waals surface area contributed by atoms with Crippen LogP contribution in [0.2, 0.25) is 0 Å². The van der Waals surface area contributed by atoms with Crippen LogP contribution in [-0.4, -0.2) is 40.5 Å². The molecule has 1 amide bonds. The van der Waals surface area contributed by atoms with E-state index in [0.717, 1.165) is 32.1 Å². The van der Waals surface area contributed by atoms with Gasteiger partial charge < -0.3 is 15.7 Å². The molecular weight excluding hydrogens is 220 g/mol. The Morgan fingerprint density at radius 2 is 2.06 bits per heavy atom. The SMILES string of the molecule is CC1(C(=O)N(CC(=O)O)C2CC2)CCCC1N. The number of amides is 1. The number of aliphatic carboxylic acids is 1. The largest absolute Gasteiger partial charge is 0.480 e. The molecule has 5 heteroatoms. The molecule has 0 saturated heterocycles. The maximum Gasteiger partial charge on any atom is 0.323 e. The fourth-order valence-electron chi connectivity index (χ4n) is 2.69. The molecule has 2 fully saturated rings. The van der Waals surface area contributed by atoms with E-state index in [0.29, 0.717) is 0 Å². The van der Waals surface area contributed by atoms with Crippen molar-refractivity contribution in [1.82, 2.24) is 4.90 Å². The van der Waals surface area contributed by atoms with Crippen LogP contribution >= 0.6 is 0 Å². The Hall–Kier alpha value is -1.10. The van der Waals surface area contributed by atoms with E-state index >= 15 is 0 Å². The van der Waals surface area contributed by atoms with E-state index in [1.165, 1.54) is 4.90 Å². The third-order valence-electron chi connectivity index (χ3n) is 4.07. The van der Waals surface area contributed by atoms with Crippen LogP contribution in [0.3, 0.4) is 0 Å². The highest BCUT2D eigenvalue weighted by atomic mass is 16.4. The van der Waals surface area contributed by atoms with Gasteiger partial charge in [-0.1, -0.05) is 6.42 Å². The second-order valence-electron chi connectivity index (χ2n) is 5.47. The van der Waals surface area contributed by atoms with E-state index in [-0.39, 0.29) is 24.5 Å². The van der Waals surface area contributed by atoms with Gasteiger partial charge in [-0.25, -0.2) is 0 Å². The molecule has 3 N–H and O–H groups in total. The monoisotopic (exact) mass is 240 g/mol. The maximum atomic E-state index is 12.5. The topological polar surface area (TPSA) is 83.6 Å². The molecule has 17 heavy (non-hydrogen) atoms. The fraction of sp³-hybridized carbons (Fsp3) is 0.833. The summed E-state index contributed by atoms with van der Waals surface area (Å²) in [4.78, 5) is 24.8. The number of nitrogens with two attached hydrogens (primary N) is 1. The van der Waals surface area contributed by atoms with Crippen LogP contribution in [0.25, 0.3) is 0 Å². The molecule has 0 aliphatic heterocycles. The van der Waals surface area contributed by atoms with Gasteiger partial charge in [-0.15, -0.1) is 0 Å². The second kappa shape index (κ2) is 4.29. The Kier molecular flexibility index (Phi) is 3.12. The molecule has 0 aromatic heterocycles. The zero-order chi connectivity index (χ0) is 12.6. The van der Waals surface area contributed by atoms with Crippen molar-refractivity contribution in [3.8, 4) is 0 Å². The highest BCUT2D eigenvalue weighted by Gasteiger charge is 2.48. The first-order valence-corrected chi connectivity index (χ1v) is 6.23. The van der Waals surface area contributed by atoms with Crippen LogP contribution in [0.15, 0.2) is 0 Å². The standard InChI is InChI=1S/C12H20N2O3/c1-12(6-2-3-9(12)13)11(17)14(7-10(15)16)8-4-5-8/h8-9H,2-7,13H2,1H3,(H,15,16). The number of carbonyl (C=O) groups is 2. The van der Waals surface area contributed by atoms with Crippen LogP contribution in [0, 0.1) is 5.41 Å². The predicted molar refractivity (Wildman–Crippen MR) is 62.3 cm³/mol. The summed E-state index contributed by atoms with van der Waals surface area (Å²) in [5.74, 6) is -1.01. The number of hydrogen-bond donors (Lipinski definition) is 2. The molecule has 2 aliphatic rings. The lowest BCUT2D eigenvalue weighted by atomic mass is 9.83. The van der Waals surface area contributed by atoms with E-state index in [1.54, 1.807) is 0 Å². The Morgan fingerprint density at radius 1 is 1.41 bits per heavy atom. The molecule has 2 saturated carbocycles. The summed E-state index contributed by atoms with van der Waals surface area (Å²) in [6, 6.07) is -0.00623. The number of carboxylic acids is 1. The first-order valence-electron chi connectivity index (χ1n) is 6.23. The Balaban J connectivity index is 2.12. The van der Waals surface area contributed by atoms with Crippen LogP contribution in [0.5, 0.6) is 0 Å². The normalized spacial score (nSPS) is 32.5. The molecular formula is C12H20N2O3. The van der Waals surface area contributed by atoms with Crippen molar-refractivity contribution in [2.24, 2.45) is 11.1 Å². The molecule has 0 heterocycles. The number of carbonyl (C=O) groups excluding carboxylic acids is 1. The molecule has 2 unspecified atom stereocenters. The minimum absolute atomic E-state index is 0.0626. The quantitative estimate of drug-likeness (QED) is 0.753. The lowest BCUT2D eigenvalue weighted by Crippen LogP contribution is -2.51. The highest BCUT2D eigenvalue weighted by molar-refractivity contribution is 5.87. The summed E-state index contributed by atoms with van der Waals surface area (Å²) in [6.45, 7) is 1.69. The number of nitrogens with zero attached hydrogens (tertiary/aromatic N) is 1. The van der Waals surface area contributed by atoms with Gasteiger partial charge in [0.25, 0.3) is 0 Å². The van der Waals surface area contributed by atoms with Crippen LogP contribution in [0.1, 0.15) is 39.0 Å². The zero-order valence-corrected chi connectivity index (χ0v) is 10.2. The smallest absolute Gasteiger partial charge is 0.323 e. The lowest BCUT2D eigenvalue weighted by Gasteiger charge is -2.33. The fourth-order valence-corrected chi connectivity index (χ4v) is 2.69. The number of rotatable bonds is 4. The van der Waals surface area contributed by atoms with Crippen LogP contribution in [0.4, 0.5) is 0 Å². The van der Waals surface area contributed by atoms with Gasteiger partial charge >= 0.3 is 5.97 Å². The van der Waals surface area contributed by atoms with E-state index < -0.39 is 11.4 Å². The van der Waals surface area contributed by atoms with Gasteiger partial charge in [-0.3, -0.25) is 9.59 Å². The van der Waals surface area contributed by atoms with Crippen molar-refractivity contribution in [1.29, 1.82) is 0 Å². The van der Waals surface area contributed by atoms with Gasteiger partial charge in [0.15, 0.2) is 0 Å². The van der Waals surface area contributed by atoms with Crippen LogP contribution < -0.4 is 5.73 Å². The highest BCUT2D eigenvalue weighted by Crippen LogP contribution is 2.40. The average molecular weight is 240 g/mol. The van der Waals surface area contributed by atoms with E-state index in [9.17, 15) is 9.59 Å². The van der Waals surface area contributed by atoms with E-state index in [4.69, 9.17) is 10.8 Å². The van der Waals surface area contributed by atoms with Crippen molar-refractivity contribution < 1.29 is 14.7 Å². The average Bonchev–Trinajstić information content (AvgIpc) is 3.03. The predicted octanol–water partition coefficient (Wildman–Crippen LogP) is 0.579.